The largest absolute Gasteiger partial charge is 0.352 e. The van der Waals surface area contributed by atoms with Gasteiger partial charge in [0.2, 0.25) is 0 Å². The predicted octanol–water partition coefficient (Wildman–Crippen LogP) is 2.77. The first-order valence-electron chi connectivity index (χ1n) is 4.08. The van der Waals surface area contributed by atoms with Gasteiger partial charge in [0.15, 0.2) is 0 Å². The quantitative estimate of drug-likeness (QED) is 0.792. The number of hydrogen-bond acceptors (Lipinski definition) is 3. The Morgan fingerprint density at radius 2 is 2.20 bits per heavy atom. The molecule has 0 radical (unpaired) electrons. The van der Waals surface area contributed by atoms with Gasteiger partial charge in [-0.25, -0.2) is 0 Å². The number of amides is 1. The average molecular weight is 379 g/mol. The zero-order valence-corrected chi connectivity index (χ0v) is 12.6. The van der Waals surface area contributed by atoms with Crippen molar-refractivity contribution in [3.05, 3.63) is 19.2 Å². The van der Waals surface area contributed by atoms with Crippen molar-refractivity contribution in [1.82, 2.24) is 5.32 Å². The lowest BCUT2D eigenvalue weighted by atomic mass is 10.3. The Kier molecular flexibility index (Phi) is 7.81. The van der Waals surface area contributed by atoms with Crippen molar-refractivity contribution in [2.75, 3.05) is 13.1 Å². The van der Waals surface area contributed by atoms with Crippen molar-refractivity contribution < 1.29 is 4.79 Å². The summed E-state index contributed by atoms with van der Waals surface area (Å²) in [5.41, 5.74) is 5.99. The fourth-order valence-electron chi connectivity index (χ4n) is 0.894. The van der Waals surface area contributed by atoms with Gasteiger partial charge in [0.1, 0.15) is 0 Å². The first-order valence-corrected chi connectivity index (χ1v) is 6.48. The Bertz CT molecular complexity index is 332. The number of nitrogens with two attached hydrogens (primary N) is 1. The van der Waals surface area contributed by atoms with Gasteiger partial charge in [-0.1, -0.05) is 0 Å². The molecule has 0 bridgehead atoms. The average Bonchev–Trinajstić information content (AvgIpc) is 2.45. The maximum atomic E-state index is 11.6. The van der Waals surface area contributed by atoms with E-state index in [0.717, 1.165) is 14.0 Å². The van der Waals surface area contributed by atoms with E-state index in [4.69, 9.17) is 5.73 Å². The van der Waals surface area contributed by atoms with Crippen molar-refractivity contribution >= 4 is 61.5 Å². The van der Waals surface area contributed by atoms with Gasteiger partial charge in [0.05, 0.1) is 13.1 Å². The van der Waals surface area contributed by atoms with Crippen LogP contribution >= 0.6 is 55.6 Å². The monoisotopic (exact) mass is 376 g/mol. The van der Waals surface area contributed by atoms with Crippen LogP contribution in [0, 0.1) is 0 Å². The molecule has 3 nitrogen and oxygen atoms in total. The molecule has 15 heavy (non-hydrogen) atoms. The summed E-state index contributed by atoms with van der Waals surface area (Å²) >= 11 is 8.14. The van der Waals surface area contributed by atoms with Gasteiger partial charge >= 0.3 is 0 Å². The fourth-order valence-corrected chi connectivity index (χ4v) is 3.69. The maximum absolute atomic E-state index is 11.6. The van der Waals surface area contributed by atoms with E-state index in [0.29, 0.717) is 18.7 Å². The van der Waals surface area contributed by atoms with Crippen LogP contribution in [0.2, 0.25) is 0 Å². The molecule has 1 rings (SSSR count). The van der Waals surface area contributed by atoms with Crippen LogP contribution in [0.15, 0.2) is 13.6 Å². The number of hydrogen-bond donors (Lipinski definition) is 2. The molecule has 1 aromatic heterocycles. The Morgan fingerprint density at radius 1 is 1.53 bits per heavy atom. The molecule has 0 aromatic carbocycles. The van der Waals surface area contributed by atoms with Gasteiger partial charge in [0, 0.05) is 6.54 Å². The van der Waals surface area contributed by atoms with E-state index < -0.39 is 0 Å². The van der Waals surface area contributed by atoms with Crippen molar-refractivity contribution in [3.63, 3.8) is 0 Å². The van der Waals surface area contributed by atoms with Crippen LogP contribution in [0.25, 0.3) is 0 Å². The van der Waals surface area contributed by atoms with Crippen molar-refractivity contribution in [2.45, 2.75) is 6.42 Å². The Hall–Kier alpha value is 0.380. The van der Waals surface area contributed by atoms with Crippen LogP contribution in [0.5, 0.6) is 0 Å². The lowest BCUT2D eigenvalue weighted by molar-refractivity contribution is 0.0953. The maximum Gasteiger partial charge on any atom is 0.253 e. The van der Waals surface area contributed by atoms with Crippen LogP contribution in [-0.4, -0.2) is 19.0 Å². The zero-order valence-electron chi connectivity index (χ0n) is 7.76. The number of nitrogens with one attached hydrogen (secondary N) is 1. The molecule has 1 aromatic rings. The third-order valence-electron chi connectivity index (χ3n) is 1.57. The van der Waals surface area contributed by atoms with Crippen LogP contribution in [0.1, 0.15) is 16.8 Å². The van der Waals surface area contributed by atoms with E-state index in [1.807, 2.05) is 0 Å². The number of halogens is 3. The van der Waals surface area contributed by atoms with Gasteiger partial charge in [-0.3, -0.25) is 4.79 Å². The second-order valence-electron chi connectivity index (χ2n) is 2.64. The second-order valence-corrected chi connectivity index (χ2v) is 6.39. The van der Waals surface area contributed by atoms with E-state index in [2.05, 4.69) is 37.2 Å². The third kappa shape index (κ3) is 4.82. The van der Waals surface area contributed by atoms with E-state index in [1.54, 1.807) is 6.07 Å². The topological polar surface area (TPSA) is 55.1 Å². The molecule has 0 spiro atoms. The number of thiophene rings is 1. The molecular weight excluding hydrogens is 367 g/mol. The molecule has 0 aliphatic carbocycles. The molecule has 86 valence electrons. The van der Waals surface area contributed by atoms with Crippen LogP contribution in [-0.2, 0) is 0 Å². The highest BCUT2D eigenvalue weighted by atomic mass is 79.9. The highest BCUT2D eigenvalue weighted by molar-refractivity contribution is 9.12. The van der Waals surface area contributed by atoms with E-state index >= 15 is 0 Å². The predicted molar refractivity (Wildman–Crippen MR) is 73.0 cm³/mol. The smallest absolute Gasteiger partial charge is 0.253 e. The number of carbonyl (C=O) groups is 1. The lowest BCUT2D eigenvalue weighted by Gasteiger charge is -2.02. The van der Waals surface area contributed by atoms with E-state index in [1.165, 1.54) is 11.3 Å². The molecule has 0 saturated carbocycles. The molecule has 0 atom stereocenters. The summed E-state index contributed by atoms with van der Waals surface area (Å²) in [6, 6.07) is 1.80. The normalized spacial score (nSPS) is 9.53. The van der Waals surface area contributed by atoms with Crippen LogP contribution in [0.4, 0.5) is 0 Å². The molecule has 0 aliphatic heterocycles. The summed E-state index contributed by atoms with van der Waals surface area (Å²) in [6.45, 7) is 1.21. The first kappa shape index (κ1) is 15.4. The molecule has 0 fully saturated rings. The zero-order chi connectivity index (χ0) is 10.6. The van der Waals surface area contributed by atoms with Gasteiger partial charge in [-0.05, 0) is 50.9 Å². The molecule has 0 saturated heterocycles. The minimum absolute atomic E-state index is 0. The summed E-state index contributed by atoms with van der Waals surface area (Å²) in [5.74, 6) is -0.0627. The molecule has 1 amide bonds. The number of carbonyl (C=O) groups excluding carboxylic acids is 1. The summed E-state index contributed by atoms with van der Waals surface area (Å²) in [4.78, 5) is 11.6. The molecule has 1 heterocycles. The van der Waals surface area contributed by atoms with Crippen molar-refractivity contribution in [2.24, 2.45) is 5.73 Å². The SMILES string of the molecule is Cl.NCCCNC(=O)c1cc(Br)sc1Br. The summed E-state index contributed by atoms with van der Waals surface area (Å²) in [7, 11) is 0. The Balaban J connectivity index is 0.00000196. The Morgan fingerprint density at radius 3 is 2.67 bits per heavy atom. The van der Waals surface area contributed by atoms with Crippen LogP contribution < -0.4 is 11.1 Å². The van der Waals surface area contributed by atoms with E-state index in [-0.39, 0.29) is 18.3 Å². The van der Waals surface area contributed by atoms with Gasteiger partial charge in [-0.2, -0.15) is 0 Å². The van der Waals surface area contributed by atoms with Crippen LogP contribution in [0.3, 0.4) is 0 Å². The minimum Gasteiger partial charge on any atom is -0.352 e. The van der Waals surface area contributed by atoms with Gasteiger partial charge in [0.25, 0.3) is 5.91 Å². The Labute approximate surface area is 115 Å². The second kappa shape index (κ2) is 7.62. The highest BCUT2D eigenvalue weighted by Crippen LogP contribution is 2.31. The first-order chi connectivity index (χ1) is 6.65. The number of rotatable bonds is 4. The summed E-state index contributed by atoms with van der Waals surface area (Å²) in [6.07, 6.45) is 0.800. The molecular formula is C8H11Br2ClN2OS. The standard InChI is InChI=1S/C8H10Br2N2OS.ClH/c9-6-4-5(7(10)14-6)8(13)12-3-1-2-11;/h4H,1-3,11H2,(H,12,13);1H. The third-order valence-corrected chi connectivity index (χ3v) is 3.91. The molecule has 3 N–H and O–H groups in total. The highest BCUT2D eigenvalue weighted by Gasteiger charge is 2.12. The van der Waals surface area contributed by atoms with Gasteiger partial charge in [-0.15, -0.1) is 23.7 Å². The van der Waals surface area contributed by atoms with Crippen molar-refractivity contribution in [1.29, 1.82) is 0 Å². The van der Waals surface area contributed by atoms with Crippen molar-refractivity contribution in [3.8, 4) is 0 Å². The molecule has 0 unspecified atom stereocenters. The summed E-state index contributed by atoms with van der Waals surface area (Å²) in [5, 5.41) is 2.79. The minimum atomic E-state index is -0.0627. The lowest BCUT2D eigenvalue weighted by Crippen LogP contribution is -2.25. The molecule has 7 heteroatoms. The van der Waals surface area contributed by atoms with E-state index in [9.17, 15) is 4.79 Å². The molecule has 0 aliphatic rings. The van der Waals surface area contributed by atoms with Gasteiger partial charge < -0.3 is 11.1 Å². The summed E-state index contributed by atoms with van der Waals surface area (Å²) < 4.78 is 1.78. The fraction of sp³-hybridized carbons (Fsp3) is 0.375.